The van der Waals surface area contributed by atoms with Crippen LogP contribution in [0.2, 0.25) is 5.02 Å². The predicted molar refractivity (Wildman–Crippen MR) is 100 cm³/mol. The van der Waals surface area contributed by atoms with Crippen LogP contribution in [0.1, 0.15) is 32.1 Å². The summed E-state index contributed by atoms with van der Waals surface area (Å²) < 4.78 is 0. The topological polar surface area (TPSA) is 86.9 Å². The van der Waals surface area contributed by atoms with Crippen molar-refractivity contribution in [2.75, 3.05) is 5.32 Å². The summed E-state index contributed by atoms with van der Waals surface area (Å²) in [5, 5.41) is 5.84. The molecule has 132 valence electrons. The second-order valence-corrected chi connectivity index (χ2v) is 6.14. The molecule has 3 rings (SSSR count). The maximum Gasteiger partial charge on any atom is 0.276 e. The van der Waals surface area contributed by atoms with Gasteiger partial charge in [-0.1, -0.05) is 53.6 Å². The van der Waals surface area contributed by atoms with Crippen molar-refractivity contribution in [3.8, 4) is 0 Å². The molecule has 0 aliphatic heterocycles. The zero-order valence-electron chi connectivity index (χ0n) is 14.0. The van der Waals surface area contributed by atoms with Crippen molar-refractivity contribution in [3.05, 3.63) is 82.4 Å². The highest BCUT2D eigenvalue weighted by Crippen LogP contribution is 2.21. The summed E-state index contributed by atoms with van der Waals surface area (Å²) in [6.07, 6.45) is 1.31. The van der Waals surface area contributed by atoms with E-state index in [-0.39, 0.29) is 11.4 Å². The average Bonchev–Trinajstić information content (AvgIpc) is 3.12. The molecular formula is C19H17ClN4O2. The molecule has 0 saturated heterocycles. The third-order valence-corrected chi connectivity index (χ3v) is 4.07. The first-order chi connectivity index (χ1) is 12.5. The molecule has 0 atom stereocenters. The summed E-state index contributed by atoms with van der Waals surface area (Å²) in [6.45, 7) is 2.34. The van der Waals surface area contributed by atoms with Gasteiger partial charge in [0.15, 0.2) is 5.69 Å². The van der Waals surface area contributed by atoms with Crippen molar-refractivity contribution >= 4 is 29.1 Å². The van der Waals surface area contributed by atoms with Gasteiger partial charge in [0.2, 0.25) is 0 Å². The summed E-state index contributed by atoms with van der Waals surface area (Å²) in [7, 11) is 0. The summed E-state index contributed by atoms with van der Waals surface area (Å²) in [6, 6.07) is 14.7. The molecule has 0 spiro atoms. The maximum absolute atomic E-state index is 12.4. The van der Waals surface area contributed by atoms with Crippen LogP contribution in [0, 0.1) is 6.92 Å². The fourth-order valence-electron chi connectivity index (χ4n) is 2.48. The number of carbonyl (C=O) groups is 2. The molecule has 2 amide bonds. The van der Waals surface area contributed by atoms with E-state index >= 15 is 0 Å². The fraction of sp³-hybridized carbons (Fsp3) is 0.105. The minimum Gasteiger partial charge on any atom is -0.347 e. The number of nitrogens with zero attached hydrogens (tertiary/aromatic N) is 1. The molecule has 3 N–H and O–H groups in total. The number of amides is 2. The number of rotatable bonds is 5. The zero-order chi connectivity index (χ0) is 18.5. The van der Waals surface area contributed by atoms with Gasteiger partial charge < -0.3 is 15.6 Å². The Labute approximate surface area is 155 Å². The minimum absolute atomic E-state index is 0.00617. The average molecular weight is 369 g/mol. The number of anilines is 1. The van der Waals surface area contributed by atoms with Gasteiger partial charge >= 0.3 is 0 Å². The Morgan fingerprint density at radius 3 is 2.69 bits per heavy atom. The number of para-hydroxylation sites is 1. The van der Waals surface area contributed by atoms with Crippen molar-refractivity contribution in [1.82, 2.24) is 15.3 Å². The molecule has 0 fully saturated rings. The number of H-pyrrole nitrogens is 1. The molecule has 0 unspecified atom stereocenters. The van der Waals surface area contributed by atoms with Gasteiger partial charge in [-0.15, -0.1) is 0 Å². The number of imidazole rings is 1. The van der Waals surface area contributed by atoms with Gasteiger partial charge in [-0.25, -0.2) is 4.98 Å². The highest BCUT2D eigenvalue weighted by Gasteiger charge is 2.20. The molecular weight excluding hydrogens is 352 g/mol. The van der Waals surface area contributed by atoms with Crippen LogP contribution in [-0.2, 0) is 6.54 Å². The van der Waals surface area contributed by atoms with Crippen molar-refractivity contribution in [1.29, 1.82) is 0 Å². The molecule has 7 heteroatoms. The number of carbonyl (C=O) groups excluding carboxylic acids is 2. The third kappa shape index (κ3) is 4.10. The molecule has 3 aromatic rings. The van der Waals surface area contributed by atoms with Crippen LogP contribution in [0.5, 0.6) is 0 Å². The van der Waals surface area contributed by atoms with Crippen molar-refractivity contribution < 1.29 is 9.59 Å². The Hall–Kier alpha value is -3.12. The van der Waals surface area contributed by atoms with Gasteiger partial charge in [0.25, 0.3) is 11.8 Å². The highest BCUT2D eigenvalue weighted by molar-refractivity contribution is 6.34. The fourth-order valence-corrected chi connectivity index (χ4v) is 2.66. The normalized spacial score (nSPS) is 10.4. The minimum atomic E-state index is -0.514. The number of hydrogen-bond donors (Lipinski definition) is 3. The van der Waals surface area contributed by atoms with E-state index < -0.39 is 11.8 Å². The SMILES string of the molecule is Cc1cccc(CNC(=O)c2[nH]cnc2C(=O)Nc2ccccc2Cl)c1. The first-order valence-corrected chi connectivity index (χ1v) is 8.35. The zero-order valence-corrected chi connectivity index (χ0v) is 14.8. The highest BCUT2D eigenvalue weighted by atomic mass is 35.5. The molecule has 0 bridgehead atoms. The van der Waals surface area contributed by atoms with Crippen LogP contribution in [0.3, 0.4) is 0 Å². The summed E-state index contributed by atoms with van der Waals surface area (Å²) in [5.74, 6) is -0.923. The van der Waals surface area contributed by atoms with E-state index in [0.717, 1.165) is 11.1 Å². The lowest BCUT2D eigenvalue weighted by atomic mass is 10.1. The van der Waals surface area contributed by atoms with Gasteiger partial charge in [-0.3, -0.25) is 9.59 Å². The number of aromatic nitrogens is 2. The Kier molecular flexibility index (Phi) is 5.34. The van der Waals surface area contributed by atoms with E-state index in [1.807, 2.05) is 31.2 Å². The quantitative estimate of drug-likeness (QED) is 0.643. The van der Waals surface area contributed by atoms with Crippen molar-refractivity contribution in [2.24, 2.45) is 0 Å². The van der Waals surface area contributed by atoms with E-state index in [2.05, 4.69) is 20.6 Å². The molecule has 0 aliphatic carbocycles. The van der Waals surface area contributed by atoms with Gasteiger partial charge in [-0.05, 0) is 24.6 Å². The molecule has 26 heavy (non-hydrogen) atoms. The van der Waals surface area contributed by atoms with Crippen LogP contribution in [-0.4, -0.2) is 21.8 Å². The maximum atomic E-state index is 12.4. The van der Waals surface area contributed by atoms with Gasteiger partial charge in [-0.2, -0.15) is 0 Å². The number of aromatic amines is 1. The van der Waals surface area contributed by atoms with E-state index in [1.54, 1.807) is 24.3 Å². The van der Waals surface area contributed by atoms with Gasteiger partial charge in [0.05, 0.1) is 17.0 Å². The molecule has 1 heterocycles. The van der Waals surface area contributed by atoms with Crippen LogP contribution in [0.15, 0.2) is 54.9 Å². The molecule has 2 aromatic carbocycles. The number of halogens is 1. The van der Waals surface area contributed by atoms with Gasteiger partial charge in [0, 0.05) is 6.54 Å². The molecule has 6 nitrogen and oxygen atoms in total. The Balaban J connectivity index is 1.70. The number of hydrogen-bond acceptors (Lipinski definition) is 3. The molecule has 0 radical (unpaired) electrons. The second kappa shape index (κ2) is 7.84. The number of nitrogens with one attached hydrogen (secondary N) is 3. The Morgan fingerprint density at radius 1 is 1.12 bits per heavy atom. The van der Waals surface area contributed by atoms with E-state index in [4.69, 9.17) is 11.6 Å². The Morgan fingerprint density at radius 2 is 1.92 bits per heavy atom. The summed E-state index contributed by atoms with van der Waals surface area (Å²) >= 11 is 6.04. The van der Waals surface area contributed by atoms with Crippen molar-refractivity contribution in [2.45, 2.75) is 13.5 Å². The molecule has 0 aliphatic rings. The number of benzene rings is 2. The second-order valence-electron chi connectivity index (χ2n) is 5.73. The first-order valence-electron chi connectivity index (χ1n) is 7.97. The lowest BCUT2D eigenvalue weighted by molar-refractivity contribution is 0.0933. The molecule has 1 aromatic heterocycles. The predicted octanol–water partition coefficient (Wildman–Crippen LogP) is 3.55. The van der Waals surface area contributed by atoms with Gasteiger partial charge in [0.1, 0.15) is 5.69 Å². The van der Waals surface area contributed by atoms with E-state index in [9.17, 15) is 9.59 Å². The van der Waals surface area contributed by atoms with E-state index in [1.165, 1.54) is 6.33 Å². The third-order valence-electron chi connectivity index (χ3n) is 3.74. The lowest BCUT2D eigenvalue weighted by Gasteiger charge is -2.08. The number of aryl methyl sites for hydroxylation is 1. The smallest absolute Gasteiger partial charge is 0.276 e. The van der Waals surface area contributed by atoms with E-state index in [0.29, 0.717) is 17.3 Å². The first kappa shape index (κ1) is 17.7. The van der Waals surface area contributed by atoms with Crippen LogP contribution < -0.4 is 10.6 Å². The molecule has 0 saturated carbocycles. The lowest BCUT2D eigenvalue weighted by Crippen LogP contribution is -2.26. The largest absolute Gasteiger partial charge is 0.347 e. The van der Waals surface area contributed by atoms with Crippen LogP contribution in [0.4, 0.5) is 5.69 Å². The van der Waals surface area contributed by atoms with Crippen LogP contribution >= 0.6 is 11.6 Å². The van der Waals surface area contributed by atoms with Crippen LogP contribution in [0.25, 0.3) is 0 Å². The standard InChI is InChI=1S/C19H17ClN4O2/c1-12-5-4-6-13(9-12)10-21-18(25)16-17(23-11-22-16)19(26)24-15-8-3-2-7-14(15)20/h2-9,11H,10H2,1H3,(H,21,25)(H,22,23)(H,24,26). The van der Waals surface area contributed by atoms with Crippen molar-refractivity contribution in [3.63, 3.8) is 0 Å². The summed E-state index contributed by atoms with van der Waals surface area (Å²) in [5.41, 5.74) is 2.64. The summed E-state index contributed by atoms with van der Waals surface area (Å²) in [4.78, 5) is 31.5. The Bertz CT molecular complexity index is 952. The monoisotopic (exact) mass is 368 g/mol.